The molecular weight excluding hydrogens is 280 g/mol. The molecule has 1 aliphatic rings. The first-order valence-electron chi connectivity index (χ1n) is 7.95. The van der Waals surface area contributed by atoms with E-state index in [4.69, 9.17) is 4.74 Å². The third-order valence-electron chi connectivity index (χ3n) is 3.79. The zero-order valence-electron chi connectivity index (χ0n) is 13.9. The quantitative estimate of drug-likeness (QED) is 0.929. The minimum Gasteiger partial charge on any atom is -0.372 e. The van der Waals surface area contributed by atoms with Gasteiger partial charge in [0.15, 0.2) is 0 Å². The number of ether oxygens (including phenoxy) is 1. The molecule has 1 fully saturated rings. The van der Waals surface area contributed by atoms with Crippen molar-refractivity contribution in [3.8, 4) is 0 Å². The van der Waals surface area contributed by atoms with Crippen LogP contribution in [0.2, 0.25) is 0 Å². The fourth-order valence-electron chi connectivity index (χ4n) is 2.74. The second-order valence-electron chi connectivity index (χ2n) is 5.67. The van der Waals surface area contributed by atoms with Crippen LogP contribution in [0.25, 0.3) is 0 Å². The summed E-state index contributed by atoms with van der Waals surface area (Å²) in [7, 11) is 0. The van der Waals surface area contributed by atoms with Crippen LogP contribution in [-0.4, -0.2) is 54.3 Å². The first kappa shape index (κ1) is 16.5. The van der Waals surface area contributed by atoms with E-state index in [1.54, 1.807) is 11.1 Å². The van der Waals surface area contributed by atoms with Crippen LogP contribution in [0.1, 0.15) is 27.7 Å². The van der Waals surface area contributed by atoms with Gasteiger partial charge in [0.1, 0.15) is 5.82 Å². The van der Waals surface area contributed by atoms with Crippen LogP contribution < -0.4 is 10.2 Å². The van der Waals surface area contributed by atoms with Crippen molar-refractivity contribution in [2.24, 2.45) is 0 Å². The average molecular weight is 306 g/mol. The summed E-state index contributed by atoms with van der Waals surface area (Å²) in [6, 6.07) is 3.73. The molecule has 22 heavy (non-hydrogen) atoms. The number of anilines is 2. The molecule has 0 aliphatic carbocycles. The number of hydrogen-bond donors (Lipinski definition) is 1. The summed E-state index contributed by atoms with van der Waals surface area (Å²) in [5, 5.41) is 2.91. The molecule has 1 N–H and O–H groups in total. The standard InChI is InChI=1S/C16H26N4O2/c1-5-19(6-2)15-8-7-14(9-17-15)18-16(21)20-10-12(3)22-13(4)11-20/h7-9,12-13H,5-6,10-11H2,1-4H3,(H,18,21). The maximum Gasteiger partial charge on any atom is 0.322 e. The lowest BCUT2D eigenvalue weighted by molar-refractivity contribution is -0.0530. The Hall–Kier alpha value is -1.82. The number of hydrogen-bond acceptors (Lipinski definition) is 4. The predicted octanol–water partition coefficient (Wildman–Crippen LogP) is 2.57. The summed E-state index contributed by atoms with van der Waals surface area (Å²) < 4.78 is 5.64. The Morgan fingerprint density at radius 1 is 1.32 bits per heavy atom. The molecule has 2 heterocycles. The molecule has 2 amide bonds. The highest BCUT2D eigenvalue weighted by Gasteiger charge is 2.25. The van der Waals surface area contributed by atoms with Crippen molar-refractivity contribution in [2.75, 3.05) is 36.4 Å². The van der Waals surface area contributed by atoms with E-state index in [1.807, 2.05) is 26.0 Å². The Morgan fingerprint density at radius 2 is 1.95 bits per heavy atom. The van der Waals surface area contributed by atoms with Gasteiger partial charge in [0.2, 0.25) is 0 Å². The van der Waals surface area contributed by atoms with Gasteiger partial charge in [-0.05, 0) is 39.8 Å². The largest absolute Gasteiger partial charge is 0.372 e. The highest BCUT2D eigenvalue weighted by molar-refractivity contribution is 5.89. The lowest BCUT2D eigenvalue weighted by atomic mass is 10.2. The molecule has 2 unspecified atom stereocenters. The van der Waals surface area contributed by atoms with E-state index in [2.05, 4.69) is 29.0 Å². The van der Waals surface area contributed by atoms with E-state index in [0.717, 1.165) is 18.9 Å². The molecule has 2 rings (SSSR count). The molecule has 122 valence electrons. The second kappa shape index (κ2) is 7.45. The molecule has 1 aromatic rings. The first-order chi connectivity index (χ1) is 10.5. The Kier molecular flexibility index (Phi) is 5.60. The average Bonchev–Trinajstić information content (AvgIpc) is 2.49. The van der Waals surface area contributed by atoms with Gasteiger partial charge in [-0.25, -0.2) is 9.78 Å². The van der Waals surface area contributed by atoms with Crippen molar-refractivity contribution < 1.29 is 9.53 Å². The smallest absolute Gasteiger partial charge is 0.322 e. The monoisotopic (exact) mass is 306 g/mol. The summed E-state index contributed by atoms with van der Waals surface area (Å²) >= 11 is 0. The molecule has 0 aromatic carbocycles. The number of rotatable bonds is 4. The zero-order chi connectivity index (χ0) is 16.1. The number of nitrogens with zero attached hydrogens (tertiary/aromatic N) is 3. The van der Waals surface area contributed by atoms with E-state index in [1.165, 1.54) is 0 Å². The Balaban J connectivity index is 1.97. The van der Waals surface area contributed by atoms with Crippen LogP contribution in [0.4, 0.5) is 16.3 Å². The van der Waals surface area contributed by atoms with Gasteiger partial charge >= 0.3 is 6.03 Å². The van der Waals surface area contributed by atoms with Crippen molar-refractivity contribution in [3.05, 3.63) is 18.3 Å². The van der Waals surface area contributed by atoms with Crippen LogP contribution >= 0.6 is 0 Å². The molecule has 0 spiro atoms. The molecule has 1 aromatic heterocycles. The van der Waals surface area contributed by atoms with Crippen molar-refractivity contribution in [2.45, 2.75) is 39.9 Å². The molecule has 6 heteroatoms. The maximum absolute atomic E-state index is 12.3. The number of carbonyl (C=O) groups excluding carboxylic acids is 1. The van der Waals surface area contributed by atoms with E-state index in [-0.39, 0.29) is 18.2 Å². The number of nitrogens with one attached hydrogen (secondary N) is 1. The molecule has 0 bridgehead atoms. The van der Waals surface area contributed by atoms with Crippen molar-refractivity contribution in [1.82, 2.24) is 9.88 Å². The molecule has 0 saturated carbocycles. The maximum atomic E-state index is 12.3. The van der Waals surface area contributed by atoms with Crippen LogP contribution in [0.15, 0.2) is 18.3 Å². The highest BCUT2D eigenvalue weighted by Crippen LogP contribution is 2.16. The Morgan fingerprint density at radius 3 is 2.45 bits per heavy atom. The van der Waals surface area contributed by atoms with Crippen LogP contribution in [0.3, 0.4) is 0 Å². The minimum absolute atomic E-state index is 0.0673. The summed E-state index contributed by atoms with van der Waals surface area (Å²) in [6.45, 7) is 11.2. The number of urea groups is 1. The van der Waals surface area contributed by atoms with Crippen LogP contribution in [0.5, 0.6) is 0 Å². The van der Waals surface area contributed by atoms with Gasteiger partial charge in [-0.1, -0.05) is 0 Å². The molecule has 0 radical (unpaired) electrons. The van der Waals surface area contributed by atoms with Crippen molar-refractivity contribution in [1.29, 1.82) is 0 Å². The number of carbonyl (C=O) groups is 1. The number of pyridine rings is 1. The van der Waals surface area contributed by atoms with Gasteiger partial charge in [0.25, 0.3) is 0 Å². The minimum atomic E-state index is -0.0978. The molecule has 1 saturated heterocycles. The molecule has 2 atom stereocenters. The SMILES string of the molecule is CCN(CC)c1ccc(NC(=O)N2CC(C)OC(C)C2)cn1. The van der Waals surface area contributed by atoms with Gasteiger partial charge in [0, 0.05) is 26.2 Å². The third-order valence-corrected chi connectivity index (χ3v) is 3.79. The third kappa shape index (κ3) is 4.10. The summed E-state index contributed by atoms with van der Waals surface area (Å²) in [4.78, 5) is 20.7. The predicted molar refractivity (Wildman–Crippen MR) is 88.4 cm³/mol. The van der Waals surface area contributed by atoms with Crippen LogP contribution in [-0.2, 0) is 4.74 Å². The number of morpholine rings is 1. The molecular formula is C16H26N4O2. The molecule has 1 aliphatic heterocycles. The lowest BCUT2D eigenvalue weighted by Crippen LogP contribution is -2.49. The second-order valence-corrected chi connectivity index (χ2v) is 5.67. The zero-order valence-corrected chi connectivity index (χ0v) is 13.9. The topological polar surface area (TPSA) is 57.7 Å². The summed E-state index contributed by atoms with van der Waals surface area (Å²) in [5.74, 6) is 0.927. The van der Waals surface area contributed by atoms with E-state index in [0.29, 0.717) is 18.8 Å². The van der Waals surface area contributed by atoms with Crippen molar-refractivity contribution in [3.63, 3.8) is 0 Å². The molecule has 6 nitrogen and oxygen atoms in total. The highest BCUT2D eigenvalue weighted by atomic mass is 16.5. The number of aromatic nitrogens is 1. The van der Waals surface area contributed by atoms with Gasteiger partial charge in [-0.15, -0.1) is 0 Å². The van der Waals surface area contributed by atoms with Gasteiger partial charge < -0.3 is 19.9 Å². The first-order valence-corrected chi connectivity index (χ1v) is 7.95. The van der Waals surface area contributed by atoms with Gasteiger partial charge in [0.05, 0.1) is 24.1 Å². The van der Waals surface area contributed by atoms with Gasteiger partial charge in [-0.3, -0.25) is 0 Å². The van der Waals surface area contributed by atoms with E-state index < -0.39 is 0 Å². The summed E-state index contributed by atoms with van der Waals surface area (Å²) in [5.41, 5.74) is 0.715. The Bertz CT molecular complexity index is 477. The summed E-state index contributed by atoms with van der Waals surface area (Å²) in [6.07, 6.45) is 1.84. The normalized spacial score (nSPS) is 21.5. The number of amides is 2. The van der Waals surface area contributed by atoms with Gasteiger partial charge in [-0.2, -0.15) is 0 Å². The fraction of sp³-hybridized carbons (Fsp3) is 0.625. The van der Waals surface area contributed by atoms with E-state index >= 15 is 0 Å². The van der Waals surface area contributed by atoms with Crippen molar-refractivity contribution >= 4 is 17.5 Å². The van der Waals surface area contributed by atoms with Crippen LogP contribution in [0, 0.1) is 0 Å². The Labute approximate surface area is 132 Å². The fourth-order valence-corrected chi connectivity index (χ4v) is 2.74. The lowest BCUT2D eigenvalue weighted by Gasteiger charge is -2.35. The van der Waals surface area contributed by atoms with E-state index in [9.17, 15) is 4.79 Å².